The van der Waals surface area contributed by atoms with Crippen LogP contribution in [0.4, 0.5) is 0 Å². The van der Waals surface area contributed by atoms with E-state index in [1.54, 1.807) is 0 Å². The molecule has 1 aromatic carbocycles. The minimum atomic E-state index is 0.562. The van der Waals surface area contributed by atoms with Crippen molar-refractivity contribution in [2.24, 2.45) is 5.73 Å². The fourth-order valence-electron chi connectivity index (χ4n) is 1.94. The van der Waals surface area contributed by atoms with Gasteiger partial charge in [-0.3, -0.25) is 4.68 Å². The molecule has 0 spiro atoms. The third kappa shape index (κ3) is 1.99. The van der Waals surface area contributed by atoms with Crippen LogP contribution in [0.5, 0.6) is 0 Å². The Morgan fingerprint density at radius 2 is 1.88 bits per heavy atom. The van der Waals surface area contributed by atoms with Crippen molar-refractivity contribution < 1.29 is 0 Å². The standard InChI is InChI=1S/C13H17N3/c1-10-13(8-14)11(2)16(15-10)9-12-6-4-3-5-7-12/h3-7H,8-9,14H2,1-2H3. The van der Waals surface area contributed by atoms with E-state index >= 15 is 0 Å². The molecule has 0 saturated heterocycles. The Hall–Kier alpha value is -1.61. The highest BCUT2D eigenvalue weighted by Crippen LogP contribution is 2.13. The zero-order valence-corrected chi connectivity index (χ0v) is 9.77. The van der Waals surface area contributed by atoms with Gasteiger partial charge in [-0.15, -0.1) is 0 Å². The van der Waals surface area contributed by atoms with Crippen LogP contribution in [0.15, 0.2) is 30.3 Å². The second kappa shape index (κ2) is 4.49. The van der Waals surface area contributed by atoms with Gasteiger partial charge in [-0.05, 0) is 19.4 Å². The fraction of sp³-hybridized carbons (Fsp3) is 0.308. The van der Waals surface area contributed by atoms with E-state index in [1.807, 2.05) is 29.8 Å². The summed E-state index contributed by atoms with van der Waals surface area (Å²) < 4.78 is 2.02. The van der Waals surface area contributed by atoms with Crippen LogP contribution in [0.25, 0.3) is 0 Å². The van der Waals surface area contributed by atoms with E-state index in [9.17, 15) is 0 Å². The molecule has 1 heterocycles. The van der Waals surface area contributed by atoms with Crippen LogP contribution in [-0.4, -0.2) is 9.78 Å². The lowest BCUT2D eigenvalue weighted by Gasteiger charge is -2.04. The molecule has 3 nitrogen and oxygen atoms in total. The summed E-state index contributed by atoms with van der Waals surface area (Å²) in [6.07, 6.45) is 0. The van der Waals surface area contributed by atoms with E-state index in [1.165, 1.54) is 11.3 Å². The van der Waals surface area contributed by atoms with Gasteiger partial charge in [0.25, 0.3) is 0 Å². The summed E-state index contributed by atoms with van der Waals surface area (Å²) in [6, 6.07) is 10.3. The molecule has 2 N–H and O–H groups in total. The predicted octanol–water partition coefficient (Wildman–Crippen LogP) is 2.01. The summed E-state index contributed by atoms with van der Waals surface area (Å²) in [4.78, 5) is 0. The number of rotatable bonds is 3. The Morgan fingerprint density at radius 1 is 1.19 bits per heavy atom. The molecule has 0 fully saturated rings. The summed E-state index contributed by atoms with van der Waals surface area (Å²) >= 11 is 0. The minimum absolute atomic E-state index is 0.562. The largest absolute Gasteiger partial charge is 0.326 e. The van der Waals surface area contributed by atoms with E-state index in [2.05, 4.69) is 24.2 Å². The lowest BCUT2D eigenvalue weighted by molar-refractivity contribution is 0.658. The van der Waals surface area contributed by atoms with Crippen LogP contribution < -0.4 is 5.73 Å². The summed E-state index contributed by atoms with van der Waals surface area (Å²) in [5.41, 5.74) is 10.3. The average Bonchev–Trinajstić information content (AvgIpc) is 2.55. The second-order valence-corrected chi connectivity index (χ2v) is 4.00. The number of aromatic nitrogens is 2. The Morgan fingerprint density at radius 3 is 2.44 bits per heavy atom. The number of hydrogen-bond acceptors (Lipinski definition) is 2. The highest BCUT2D eigenvalue weighted by Gasteiger charge is 2.09. The molecule has 0 atom stereocenters. The Bertz CT molecular complexity index is 471. The maximum absolute atomic E-state index is 5.70. The second-order valence-electron chi connectivity index (χ2n) is 4.00. The van der Waals surface area contributed by atoms with Gasteiger partial charge in [0.1, 0.15) is 0 Å². The molecule has 84 valence electrons. The van der Waals surface area contributed by atoms with Gasteiger partial charge in [-0.25, -0.2) is 0 Å². The first-order chi connectivity index (χ1) is 7.72. The van der Waals surface area contributed by atoms with Gasteiger partial charge in [-0.1, -0.05) is 30.3 Å². The molecule has 0 aliphatic heterocycles. The lowest BCUT2D eigenvalue weighted by atomic mass is 10.2. The van der Waals surface area contributed by atoms with Crippen LogP contribution in [0, 0.1) is 13.8 Å². The summed E-state index contributed by atoms with van der Waals surface area (Å²) in [7, 11) is 0. The van der Waals surface area contributed by atoms with Crippen LogP contribution in [-0.2, 0) is 13.1 Å². The molecule has 0 unspecified atom stereocenters. The van der Waals surface area contributed by atoms with Crippen molar-refractivity contribution >= 4 is 0 Å². The number of aryl methyl sites for hydroxylation is 1. The van der Waals surface area contributed by atoms with Gasteiger partial charge >= 0.3 is 0 Å². The average molecular weight is 215 g/mol. The third-order valence-corrected chi connectivity index (χ3v) is 2.91. The molecule has 0 bridgehead atoms. The monoisotopic (exact) mass is 215 g/mol. The first kappa shape index (κ1) is 10.9. The number of hydrogen-bond donors (Lipinski definition) is 1. The van der Waals surface area contributed by atoms with Gasteiger partial charge in [0, 0.05) is 17.8 Å². The Balaban J connectivity index is 2.29. The molecule has 0 saturated carbocycles. The van der Waals surface area contributed by atoms with Crippen molar-refractivity contribution in [1.82, 2.24) is 9.78 Å². The first-order valence-corrected chi connectivity index (χ1v) is 5.49. The highest BCUT2D eigenvalue weighted by atomic mass is 15.3. The number of benzene rings is 1. The molecular formula is C13H17N3. The molecule has 0 radical (unpaired) electrons. The van der Waals surface area contributed by atoms with Gasteiger partial charge < -0.3 is 5.73 Å². The summed E-state index contributed by atoms with van der Waals surface area (Å²) in [6.45, 7) is 5.46. The number of nitrogens with two attached hydrogens (primary N) is 1. The van der Waals surface area contributed by atoms with Gasteiger partial charge in [-0.2, -0.15) is 5.10 Å². The topological polar surface area (TPSA) is 43.8 Å². The first-order valence-electron chi connectivity index (χ1n) is 5.49. The van der Waals surface area contributed by atoms with E-state index in [-0.39, 0.29) is 0 Å². The van der Waals surface area contributed by atoms with E-state index < -0.39 is 0 Å². The SMILES string of the molecule is Cc1nn(Cc2ccccc2)c(C)c1CN. The molecule has 2 rings (SSSR count). The molecule has 3 heteroatoms. The number of nitrogens with zero attached hydrogens (tertiary/aromatic N) is 2. The van der Waals surface area contributed by atoms with Gasteiger partial charge in [0.05, 0.1) is 12.2 Å². The van der Waals surface area contributed by atoms with Crippen LogP contribution >= 0.6 is 0 Å². The van der Waals surface area contributed by atoms with E-state index in [0.717, 1.165) is 17.8 Å². The molecule has 0 amide bonds. The predicted molar refractivity (Wildman–Crippen MR) is 65.1 cm³/mol. The van der Waals surface area contributed by atoms with Crippen molar-refractivity contribution in [3.8, 4) is 0 Å². The van der Waals surface area contributed by atoms with Crippen molar-refractivity contribution in [2.45, 2.75) is 26.9 Å². The molecule has 16 heavy (non-hydrogen) atoms. The zero-order valence-electron chi connectivity index (χ0n) is 9.77. The molecular weight excluding hydrogens is 198 g/mol. The minimum Gasteiger partial charge on any atom is -0.326 e. The highest BCUT2D eigenvalue weighted by molar-refractivity contribution is 5.25. The molecule has 0 aliphatic carbocycles. The van der Waals surface area contributed by atoms with E-state index in [0.29, 0.717) is 6.54 Å². The maximum Gasteiger partial charge on any atom is 0.0662 e. The zero-order chi connectivity index (χ0) is 11.5. The van der Waals surface area contributed by atoms with Crippen molar-refractivity contribution in [1.29, 1.82) is 0 Å². The molecule has 2 aromatic rings. The molecule has 1 aromatic heterocycles. The molecule has 0 aliphatic rings. The quantitative estimate of drug-likeness (QED) is 0.851. The maximum atomic E-state index is 5.70. The van der Waals surface area contributed by atoms with Gasteiger partial charge in [0.15, 0.2) is 0 Å². The van der Waals surface area contributed by atoms with Crippen LogP contribution in [0.3, 0.4) is 0 Å². The van der Waals surface area contributed by atoms with Crippen LogP contribution in [0.2, 0.25) is 0 Å². The Labute approximate surface area is 95.9 Å². The summed E-state index contributed by atoms with van der Waals surface area (Å²) in [5.74, 6) is 0. The van der Waals surface area contributed by atoms with E-state index in [4.69, 9.17) is 5.73 Å². The Kier molecular flexibility index (Phi) is 3.06. The lowest BCUT2D eigenvalue weighted by Crippen LogP contribution is -2.05. The van der Waals surface area contributed by atoms with Gasteiger partial charge in [0.2, 0.25) is 0 Å². The normalized spacial score (nSPS) is 10.7. The van der Waals surface area contributed by atoms with Crippen LogP contribution in [0.1, 0.15) is 22.5 Å². The third-order valence-electron chi connectivity index (χ3n) is 2.91. The van der Waals surface area contributed by atoms with Crippen molar-refractivity contribution in [2.75, 3.05) is 0 Å². The fourth-order valence-corrected chi connectivity index (χ4v) is 1.94. The summed E-state index contributed by atoms with van der Waals surface area (Å²) in [5, 5.41) is 4.51. The smallest absolute Gasteiger partial charge is 0.0662 e. The van der Waals surface area contributed by atoms with Crippen molar-refractivity contribution in [3.05, 3.63) is 52.8 Å². The van der Waals surface area contributed by atoms with Crippen molar-refractivity contribution in [3.63, 3.8) is 0 Å².